The van der Waals surface area contributed by atoms with Crippen LogP contribution in [0, 0.1) is 6.92 Å². The molecule has 1 N–H and O–H groups in total. The first-order valence-electron chi connectivity index (χ1n) is 6.96. The zero-order valence-electron chi connectivity index (χ0n) is 12.8. The van der Waals surface area contributed by atoms with Crippen LogP contribution in [0.1, 0.15) is 18.9 Å². The van der Waals surface area contributed by atoms with Gasteiger partial charge < -0.3 is 9.84 Å². The molecule has 0 saturated heterocycles. The summed E-state index contributed by atoms with van der Waals surface area (Å²) in [6.07, 6.45) is -2.84. The van der Waals surface area contributed by atoms with Crippen molar-refractivity contribution in [2.75, 3.05) is 0 Å². The van der Waals surface area contributed by atoms with Gasteiger partial charge in [0.05, 0.1) is 5.39 Å². The van der Waals surface area contributed by atoms with Crippen LogP contribution in [0.15, 0.2) is 21.7 Å². The second-order valence-corrected chi connectivity index (χ2v) is 5.79. The molecule has 0 aromatic carbocycles. The molecular formula is C14H14F2N2O5S. The molecule has 0 radical (unpaired) electrons. The third-order valence-electron chi connectivity index (χ3n) is 3.40. The largest absolute Gasteiger partial charge is 0.512 e. The molecule has 0 aliphatic heterocycles. The molecule has 0 bridgehead atoms. The average Bonchev–Trinajstić information content (AvgIpc) is 2.79. The van der Waals surface area contributed by atoms with Gasteiger partial charge in [-0.2, -0.15) is 8.78 Å². The Morgan fingerprint density at radius 3 is 2.54 bits per heavy atom. The molecule has 0 aliphatic carbocycles. The Hall–Kier alpha value is -2.49. The van der Waals surface area contributed by atoms with E-state index in [0.717, 1.165) is 15.9 Å². The van der Waals surface area contributed by atoms with Gasteiger partial charge in [0.15, 0.2) is 5.06 Å². The lowest BCUT2D eigenvalue weighted by Crippen LogP contribution is -2.39. The van der Waals surface area contributed by atoms with E-state index in [-0.39, 0.29) is 34.8 Å². The van der Waals surface area contributed by atoms with E-state index in [2.05, 4.69) is 4.74 Å². The van der Waals surface area contributed by atoms with Gasteiger partial charge in [-0.25, -0.2) is 9.59 Å². The number of rotatable bonds is 5. The lowest BCUT2D eigenvalue weighted by Gasteiger charge is -2.09. The second kappa shape index (κ2) is 6.95. The fraction of sp³-hybridized carbons (Fsp3) is 0.357. The minimum atomic E-state index is -1.86. The summed E-state index contributed by atoms with van der Waals surface area (Å²) < 4.78 is 31.2. The van der Waals surface area contributed by atoms with Gasteiger partial charge in [-0.1, -0.05) is 11.3 Å². The van der Waals surface area contributed by atoms with E-state index in [4.69, 9.17) is 5.11 Å². The molecule has 2 aromatic heterocycles. The molecular weight excluding hydrogens is 346 g/mol. The van der Waals surface area contributed by atoms with E-state index < -0.39 is 23.5 Å². The Kier molecular flexibility index (Phi) is 5.17. The molecule has 0 aliphatic rings. The maximum Gasteiger partial charge on any atom is 0.512 e. The second-order valence-electron chi connectivity index (χ2n) is 4.83. The number of thiophene rings is 1. The van der Waals surface area contributed by atoms with Crippen LogP contribution in [-0.4, -0.2) is 20.4 Å². The lowest BCUT2D eigenvalue weighted by molar-refractivity contribution is 0.145. The Morgan fingerprint density at radius 1 is 1.33 bits per heavy atom. The summed E-state index contributed by atoms with van der Waals surface area (Å²) in [6.45, 7) is 3.15. The number of carbonyl (C=O) groups is 1. The predicted molar refractivity (Wildman–Crippen MR) is 84.3 cm³/mol. The maximum absolute atomic E-state index is 12.5. The van der Waals surface area contributed by atoms with Crippen LogP contribution in [0.25, 0.3) is 10.2 Å². The molecule has 2 rings (SSSR count). The van der Waals surface area contributed by atoms with Gasteiger partial charge in [0.25, 0.3) is 11.6 Å². The van der Waals surface area contributed by atoms with Crippen molar-refractivity contribution in [1.29, 1.82) is 0 Å². The first-order valence-corrected chi connectivity index (χ1v) is 7.78. The normalized spacial score (nSPS) is 10.8. The quantitative estimate of drug-likeness (QED) is 0.828. The molecule has 0 atom stereocenters. The van der Waals surface area contributed by atoms with Crippen molar-refractivity contribution in [3.05, 3.63) is 38.6 Å². The summed E-state index contributed by atoms with van der Waals surface area (Å²) in [5, 5.41) is 8.89. The van der Waals surface area contributed by atoms with E-state index >= 15 is 0 Å². The lowest BCUT2D eigenvalue weighted by atomic mass is 10.2. The zero-order chi connectivity index (χ0) is 18.0. The maximum atomic E-state index is 12.5. The Balaban J connectivity index is 2.74. The van der Waals surface area contributed by atoms with Crippen molar-refractivity contribution in [3.8, 4) is 5.06 Å². The molecule has 0 spiro atoms. The highest BCUT2D eigenvalue weighted by atomic mass is 32.1. The van der Waals surface area contributed by atoms with Gasteiger partial charge in [-0.05, 0) is 26.3 Å². The van der Waals surface area contributed by atoms with Crippen LogP contribution in [0.5, 0.6) is 5.06 Å². The molecule has 0 saturated carbocycles. The van der Waals surface area contributed by atoms with Gasteiger partial charge in [0, 0.05) is 18.7 Å². The summed E-state index contributed by atoms with van der Waals surface area (Å²) in [5.41, 5.74) is -0.897. The zero-order valence-corrected chi connectivity index (χ0v) is 13.7. The number of carboxylic acid groups (broad SMARTS) is 1. The van der Waals surface area contributed by atoms with Crippen LogP contribution < -0.4 is 16.0 Å². The number of hydrogen-bond acceptors (Lipinski definition) is 5. The Morgan fingerprint density at radius 2 is 2.00 bits per heavy atom. The third kappa shape index (κ3) is 3.23. The molecule has 0 fully saturated rings. The van der Waals surface area contributed by atoms with Crippen LogP contribution >= 0.6 is 11.3 Å². The van der Waals surface area contributed by atoms with Gasteiger partial charge >= 0.3 is 11.8 Å². The molecule has 10 heteroatoms. The summed E-state index contributed by atoms with van der Waals surface area (Å²) in [6, 6.07) is 0. The fourth-order valence-electron chi connectivity index (χ4n) is 2.33. The van der Waals surface area contributed by atoms with Crippen molar-refractivity contribution in [2.45, 2.75) is 33.4 Å². The number of fused-ring (bicyclic) bond motifs is 1. The highest BCUT2D eigenvalue weighted by Crippen LogP contribution is 2.34. The average molecular weight is 360 g/mol. The molecule has 2 heterocycles. The van der Waals surface area contributed by atoms with Crippen molar-refractivity contribution in [1.82, 2.24) is 9.13 Å². The molecule has 0 unspecified atom stereocenters. The topological polar surface area (TPSA) is 90.5 Å². The Bertz CT molecular complexity index is 937. The number of allylic oxidation sites excluding steroid dienone is 1. The SMILES string of the molecule is CCn1c(=O)c2c(C)c(OC(=O)O)sc2n(CCC=C(F)F)c1=O. The summed E-state index contributed by atoms with van der Waals surface area (Å²) in [5.74, 6) is 0. The molecule has 130 valence electrons. The van der Waals surface area contributed by atoms with Gasteiger partial charge in [0.2, 0.25) is 0 Å². The highest BCUT2D eigenvalue weighted by Gasteiger charge is 2.21. The van der Waals surface area contributed by atoms with Crippen molar-refractivity contribution < 1.29 is 23.4 Å². The number of halogens is 2. The van der Waals surface area contributed by atoms with Crippen LogP contribution in [-0.2, 0) is 13.1 Å². The Labute approximate surface area is 138 Å². The number of aromatic nitrogens is 2. The monoisotopic (exact) mass is 360 g/mol. The predicted octanol–water partition coefficient (Wildman–Crippen LogP) is 2.78. The molecule has 2 aromatic rings. The number of hydrogen-bond donors (Lipinski definition) is 1. The van der Waals surface area contributed by atoms with E-state index in [9.17, 15) is 23.2 Å². The van der Waals surface area contributed by atoms with Gasteiger partial charge in [0.1, 0.15) is 4.83 Å². The minimum Gasteiger partial charge on any atom is -0.449 e. The molecule has 0 amide bonds. The van der Waals surface area contributed by atoms with Crippen LogP contribution in [0.2, 0.25) is 0 Å². The first kappa shape index (κ1) is 17.9. The van der Waals surface area contributed by atoms with E-state index in [0.29, 0.717) is 11.6 Å². The molecule has 24 heavy (non-hydrogen) atoms. The smallest absolute Gasteiger partial charge is 0.449 e. The van der Waals surface area contributed by atoms with Crippen LogP contribution in [0.4, 0.5) is 13.6 Å². The highest BCUT2D eigenvalue weighted by molar-refractivity contribution is 7.20. The number of ether oxygens (including phenoxy) is 1. The van der Waals surface area contributed by atoms with Crippen molar-refractivity contribution >= 4 is 27.7 Å². The van der Waals surface area contributed by atoms with Crippen molar-refractivity contribution in [2.24, 2.45) is 0 Å². The minimum absolute atomic E-state index is 0.0242. The standard InChI is InChI=1S/C14H14F2N2O5S/c1-3-17-10(19)9-7(2)12(23-14(21)22)24-11(9)18(13(17)20)6-4-5-8(15)16/h5H,3-4,6H2,1-2H3,(H,21,22). The van der Waals surface area contributed by atoms with E-state index in [1.807, 2.05) is 0 Å². The summed E-state index contributed by atoms with van der Waals surface area (Å²) in [4.78, 5) is 35.8. The van der Waals surface area contributed by atoms with E-state index in [1.54, 1.807) is 6.92 Å². The van der Waals surface area contributed by atoms with Gasteiger partial charge in [-0.3, -0.25) is 13.9 Å². The number of aryl methyl sites for hydroxylation is 2. The summed E-state index contributed by atoms with van der Waals surface area (Å²) >= 11 is 0.824. The fourth-order valence-corrected chi connectivity index (χ4v) is 3.50. The summed E-state index contributed by atoms with van der Waals surface area (Å²) in [7, 11) is 0. The molecule has 7 nitrogen and oxygen atoms in total. The third-order valence-corrected chi connectivity index (χ3v) is 4.59. The van der Waals surface area contributed by atoms with Gasteiger partial charge in [-0.15, -0.1) is 0 Å². The van der Waals surface area contributed by atoms with E-state index in [1.165, 1.54) is 11.5 Å². The number of nitrogens with zero attached hydrogens (tertiary/aromatic N) is 2. The van der Waals surface area contributed by atoms with Crippen molar-refractivity contribution in [3.63, 3.8) is 0 Å². The van der Waals surface area contributed by atoms with Crippen LogP contribution in [0.3, 0.4) is 0 Å². The first-order chi connectivity index (χ1) is 11.3.